The molecule has 2 aromatic carbocycles. The lowest BCUT2D eigenvalue weighted by atomic mass is 10.0. The molecule has 0 unspecified atom stereocenters. The summed E-state index contributed by atoms with van der Waals surface area (Å²) in [5, 5.41) is 2.94. The zero-order valence-electron chi connectivity index (χ0n) is 15.5. The van der Waals surface area contributed by atoms with Crippen molar-refractivity contribution in [3.05, 3.63) is 59.7 Å². The molecule has 2 aromatic rings. The van der Waals surface area contributed by atoms with Gasteiger partial charge in [0.15, 0.2) is 0 Å². The van der Waals surface area contributed by atoms with Crippen molar-refractivity contribution in [2.45, 2.75) is 46.3 Å². The van der Waals surface area contributed by atoms with Crippen LogP contribution in [0.1, 0.15) is 38.3 Å². The minimum atomic E-state index is -0.814. The molecule has 4 heteroatoms. The van der Waals surface area contributed by atoms with Crippen LogP contribution < -0.4 is 10.1 Å². The lowest BCUT2D eigenvalue weighted by Gasteiger charge is -2.26. The minimum absolute atomic E-state index is 0.130. The number of hydrogen-bond donors (Lipinski definition) is 1. The Balaban J connectivity index is 2.02. The summed E-state index contributed by atoms with van der Waals surface area (Å²) >= 11 is 0. The van der Waals surface area contributed by atoms with Gasteiger partial charge in [0.1, 0.15) is 18.0 Å². The molecule has 0 aliphatic carbocycles. The van der Waals surface area contributed by atoms with Gasteiger partial charge in [0.05, 0.1) is 0 Å². The zero-order valence-corrected chi connectivity index (χ0v) is 15.5. The van der Waals surface area contributed by atoms with E-state index in [-0.39, 0.29) is 5.91 Å². The molecule has 2 rings (SSSR count). The highest BCUT2D eigenvalue weighted by Crippen LogP contribution is 2.25. The maximum atomic E-state index is 12.5. The second kappa shape index (κ2) is 8.67. The Kier molecular flexibility index (Phi) is 6.59. The van der Waals surface area contributed by atoms with Crippen LogP contribution in [0, 0.1) is 6.92 Å². The van der Waals surface area contributed by atoms with E-state index in [0.29, 0.717) is 19.6 Å². The monoisotopic (exact) mass is 341 g/mol. The van der Waals surface area contributed by atoms with Crippen LogP contribution in [-0.4, -0.2) is 18.1 Å². The zero-order chi connectivity index (χ0) is 18.3. The second-order valence-corrected chi connectivity index (χ2v) is 6.23. The average Bonchev–Trinajstić information content (AvgIpc) is 2.62. The van der Waals surface area contributed by atoms with Gasteiger partial charge in [-0.15, -0.1) is 0 Å². The smallest absolute Gasteiger partial charge is 0.256 e. The van der Waals surface area contributed by atoms with Gasteiger partial charge in [0, 0.05) is 12.3 Å². The summed E-state index contributed by atoms with van der Waals surface area (Å²) in [5.41, 5.74) is 2.03. The van der Waals surface area contributed by atoms with Crippen molar-refractivity contribution in [1.82, 2.24) is 0 Å². The molecule has 1 atom stereocenters. The number of ether oxygens (including phenoxy) is 2. The van der Waals surface area contributed by atoms with Gasteiger partial charge in [-0.3, -0.25) is 4.79 Å². The summed E-state index contributed by atoms with van der Waals surface area (Å²) in [7, 11) is 0. The molecular weight excluding hydrogens is 314 g/mol. The van der Waals surface area contributed by atoms with Gasteiger partial charge >= 0.3 is 0 Å². The third-order valence-electron chi connectivity index (χ3n) is 4.29. The van der Waals surface area contributed by atoms with Gasteiger partial charge in [0.25, 0.3) is 5.91 Å². The van der Waals surface area contributed by atoms with Crippen LogP contribution in [0.25, 0.3) is 0 Å². The molecule has 0 saturated heterocycles. The van der Waals surface area contributed by atoms with Gasteiger partial charge in [-0.05, 0) is 56.5 Å². The standard InChI is InChI=1S/C21H27NO3/c1-5-21(4,25-6-2)20(23)22-18-12-13-19(16(3)14-18)24-15-17-10-8-7-9-11-17/h7-14H,5-6,15H2,1-4H3,(H,22,23)/t21-/m0/s1. The van der Waals surface area contributed by atoms with E-state index >= 15 is 0 Å². The number of aryl methyl sites for hydroxylation is 1. The molecule has 0 spiro atoms. The summed E-state index contributed by atoms with van der Waals surface area (Å²) in [6.07, 6.45) is 0.615. The molecule has 0 aliphatic heterocycles. The fraction of sp³-hybridized carbons (Fsp3) is 0.381. The number of carbonyl (C=O) groups is 1. The van der Waals surface area contributed by atoms with Crippen molar-refractivity contribution in [3.63, 3.8) is 0 Å². The first-order chi connectivity index (χ1) is 12.0. The van der Waals surface area contributed by atoms with Crippen molar-refractivity contribution in [2.75, 3.05) is 11.9 Å². The third kappa shape index (κ3) is 5.07. The normalized spacial score (nSPS) is 13.1. The highest BCUT2D eigenvalue weighted by molar-refractivity contribution is 5.97. The lowest BCUT2D eigenvalue weighted by molar-refractivity contribution is -0.139. The van der Waals surface area contributed by atoms with Crippen LogP contribution in [0.15, 0.2) is 48.5 Å². The van der Waals surface area contributed by atoms with Gasteiger partial charge in [-0.2, -0.15) is 0 Å². The van der Waals surface area contributed by atoms with E-state index in [4.69, 9.17) is 9.47 Å². The van der Waals surface area contributed by atoms with Crippen molar-refractivity contribution in [2.24, 2.45) is 0 Å². The predicted molar refractivity (Wildman–Crippen MR) is 101 cm³/mol. The van der Waals surface area contributed by atoms with E-state index in [2.05, 4.69) is 5.32 Å². The summed E-state index contributed by atoms with van der Waals surface area (Å²) < 4.78 is 11.5. The maximum absolute atomic E-state index is 12.5. The van der Waals surface area contributed by atoms with E-state index < -0.39 is 5.60 Å². The average molecular weight is 341 g/mol. The molecule has 0 fully saturated rings. The molecule has 0 saturated carbocycles. The van der Waals surface area contributed by atoms with Crippen molar-refractivity contribution < 1.29 is 14.3 Å². The minimum Gasteiger partial charge on any atom is -0.489 e. The third-order valence-corrected chi connectivity index (χ3v) is 4.29. The highest BCUT2D eigenvalue weighted by atomic mass is 16.5. The van der Waals surface area contributed by atoms with E-state index in [0.717, 1.165) is 22.6 Å². The van der Waals surface area contributed by atoms with Gasteiger partial charge in [-0.1, -0.05) is 37.3 Å². The largest absolute Gasteiger partial charge is 0.489 e. The first-order valence-electron chi connectivity index (χ1n) is 8.71. The summed E-state index contributed by atoms with van der Waals surface area (Å²) in [6, 6.07) is 15.7. The number of carbonyl (C=O) groups excluding carboxylic acids is 1. The molecule has 4 nitrogen and oxygen atoms in total. The first-order valence-corrected chi connectivity index (χ1v) is 8.71. The Labute approximate surface area is 150 Å². The van der Waals surface area contributed by atoms with Crippen molar-refractivity contribution in [1.29, 1.82) is 0 Å². The molecule has 0 aliphatic rings. The van der Waals surface area contributed by atoms with Gasteiger partial charge in [0.2, 0.25) is 0 Å². The van der Waals surface area contributed by atoms with Crippen LogP contribution in [0.3, 0.4) is 0 Å². The van der Waals surface area contributed by atoms with Gasteiger partial charge in [-0.25, -0.2) is 0 Å². The van der Waals surface area contributed by atoms with Crippen LogP contribution in [0.4, 0.5) is 5.69 Å². The second-order valence-electron chi connectivity index (χ2n) is 6.23. The Morgan fingerprint density at radius 3 is 2.44 bits per heavy atom. The SMILES string of the molecule is CCO[C@@](C)(CC)C(=O)Nc1ccc(OCc2ccccc2)c(C)c1. The lowest BCUT2D eigenvalue weighted by Crippen LogP contribution is -2.42. The molecule has 1 N–H and O–H groups in total. The fourth-order valence-corrected chi connectivity index (χ4v) is 2.53. The van der Waals surface area contributed by atoms with Crippen molar-refractivity contribution >= 4 is 11.6 Å². The van der Waals surface area contributed by atoms with Gasteiger partial charge < -0.3 is 14.8 Å². The fourth-order valence-electron chi connectivity index (χ4n) is 2.53. The number of hydrogen-bond acceptors (Lipinski definition) is 3. The quantitative estimate of drug-likeness (QED) is 0.756. The molecule has 25 heavy (non-hydrogen) atoms. The molecule has 0 heterocycles. The van der Waals surface area contributed by atoms with Crippen LogP contribution in [-0.2, 0) is 16.1 Å². The maximum Gasteiger partial charge on any atom is 0.256 e. The Morgan fingerprint density at radius 2 is 1.84 bits per heavy atom. The topological polar surface area (TPSA) is 47.6 Å². The number of benzene rings is 2. The van der Waals surface area contributed by atoms with E-state index in [1.807, 2.05) is 76.2 Å². The Hall–Kier alpha value is -2.33. The highest BCUT2D eigenvalue weighted by Gasteiger charge is 2.31. The number of nitrogens with one attached hydrogen (secondary N) is 1. The summed E-state index contributed by atoms with van der Waals surface area (Å²) in [5.74, 6) is 0.680. The molecule has 1 amide bonds. The summed E-state index contributed by atoms with van der Waals surface area (Å²) in [4.78, 5) is 12.5. The molecule has 0 radical (unpaired) electrons. The summed E-state index contributed by atoms with van der Waals surface area (Å²) in [6.45, 7) is 8.65. The van der Waals surface area contributed by atoms with Crippen LogP contribution >= 0.6 is 0 Å². The van der Waals surface area contributed by atoms with E-state index in [9.17, 15) is 4.79 Å². The molecular formula is C21H27NO3. The molecule has 134 valence electrons. The number of amides is 1. The number of rotatable bonds is 8. The van der Waals surface area contributed by atoms with Crippen LogP contribution in [0.5, 0.6) is 5.75 Å². The van der Waals surface area contributed by atoms with E-state index in [1.165, 1.54) is 0 Å². The van der Waals surface area contributed by atoms with Crippen molar-refractivity contribution in [3.8, 4) is 5.75 Å². The van der Waals surface area contributed by atoms with E-state index in [1.54, 1.807) is 0 Å². The molecule has 0 aromatic heterocycles. The molecule has 0 bridgehead atoms. The van der Waals surface area contributed by atoms with Crippen LogP contribution in [0.2, 0.25) is 0 Å². The Morgan fingerprint density at radius 1 is 1.12 bits per heavy atom. The first kappa shape index (κ1) is 19.0. The Bertz CT molecular complexity index is 700. The predicted octanol–water partition coefficient (Wildman–Crippen LogP) is 4.72. The number of anilines is 1.